The van der Waals surface area contributed by atoms with Gasteiger partial charge in [0.25, 0.3) is 0 Å². The lowest BCUT2D eigenvalue weighted by atomic mass is 9.84. The second kappa shape index (κ2) is 6.82. The Morgan fingerprint density at radius 3 is 2.79 bits per heavy atom. The number of piperidine rings is 1. The van der Waals surface area contributed by atoms with Gasteiger partial charge in [0.1, 0.15) is 12.2 Å². The second-order valence-electron chi connectivity index (χ2n) is 6.11. The Bertz CT molecular complexity index is 701. The van der Waals surface area contributed by atoms with E-state index in [9.17, 15) is 9.59 Å². The number of rotatable bonds is 4. The summed E-state index contributed by atoms with van der Waals surface area (Å²) < 4.78 is 0. The van der Waals surface area contributed by atoms with Crippen molar-refractivity contribution in [3.05, 3.63) is 48.0 Å². The first-order chi connectivity index (χ1) is 11.6. The molecule has 2 N–H and O–H groups in total. The summed E-state index contributed by atoms with van der Waals surface area (Å²) >= 11 is 0. The van der Waals surface area contributed by atoms with E-state index in [0.29, 0.717) is 18.7 Å². The van der Waals surface area contributed by atoms with Gasteiger partial charge in [-0.15, -0.1) is 0 Å². The van der Waals surface area contributed by atoms with E-state index in [2.05, 4.69) is 20.5 Å². The second-order valence-corrected chi connectivity index (χ2v) is 6.11. The Hall–Kier alpha value is -2.70. The maximum atomic E-state index is 12.8. The van der Waals surface area contributed by atoms with Crippen LogP contribution in [0.25, 0.3) is 0 Å². The highest BCUT2D eigenvalue weighted by Crippen LogP contribution is 2.36. The fraction of sp³-hybridized carbons (Fsp3) is 0.412. The van der Waals surface area contributed by atoms with Gasteiger partial charge in [-0.2, -0.15) is 5.10 Å². The summed E-state index contributed by atoms with van der Waals surface area (Å²) in [5, 5.41) is 9.55. The van der Waals surface area contributed by atoms with Crippen molar-refractivity contribution in [1.29, 1.82) is 0 Å². The van der Waals surface area contributed by atoms with Crippen LogP contribution in [-0.2, 0) is 9.59 Å². The van der Waals surface area contributed by atoms with Crippen LogP contribution in [0.15, 0.2) is 36.7 Å². The number of likely N-dealkylation sites (tertiary alicyclic amines) is 1. The highest BCUT2D eigenvalue weighted by atomic mass is 16.2. The van der Waals surface area contributed by atoms with Crippen molar-refractivity contribution in [2.45, 2.75) is 31.8 Å². The molecule has 7 nitrogen and oxygen atoms in total. The molecule has 2 aromatic rings. The zero-order chi connectivity index (χ0) is 17.1. The topological polar surface area (TPSA) is 91.0 Å². The van der Waals surface area contributed by atoms with Gasteiger partial charge in [-0.1, -0.05) is 30.3 Å². The number of hydrogen-bond acceptors (Lipinski definition) is 4. The number of carbonyl (C=O) groups is 2. The molecule has 126 valence electrons. The average Bonchev–Trinajstić information content (AvgIpc) is 3.12. The number of benzene rings is 1. The van der Waals surface area contributed by atoms with E-state index in [-0.39, 0.29) is 29.8 Å². The number of H-pyrrole nitrogens is 1. The van der Waals surface area contributed by atoms with E-state index in [0.717, 1.165) is 5.56 Å². The van der Waals surface area contributed by atoms with Crippen molar-refractivity contribution in [1.82, 2.24) is 25.4 Å². The van der Waals surface area contributed by atoms with E-state index in [1.54, 1.807) is 11.9 Å². The van der Waals surface area contributed by atoms with Gasteiger partial charge < -0.3 is 10.2 Å². The maximum Gasteiger partial charge on any atom is 0.226 e. The average molecular weight is 327 g/mol. The Kier molecular flexibility index (Phi) is 4.59. The van der Waals surface area contributed by atoms with Crippen LogP contribution in [0.5, 0.6) is 0 Å². The highest BCUT2D eigenvalue weighted by molar-refractivity contribution is 5.85. The lowest BCUT2D eigenvalue weighted by Crippen LogP contribution is -2.46. The molecule has 3 atom stereocenters. The molecule has 3 rings (SSSR count). The summed E-state index contributed by atoms with van der Waals surface area (Å²) in [6.07, 6.45) is 2.34. The van der Waals surface area contributed by atoms with E-state index >= 15 is 0 Å². The molecule has 24 heavy (non-hydrogen) atoms. The Morgan fingerprint density at radius 2 is 2.12 bits per heavy atom. The van der Waals surface area contributed by atoms with Crippen LogP contribution in [0.3, 0.4) is 0 Å². The third-order valence-electron chi connectivity index (χ3n) is 4.54. The molecule has 1 fully saturated rings. The molecule has 1 saturated heterocycles. The molecule has 0 radical (unpaired) electrons. The third kappa shape index (κ3) is 3.15. The minimum Gasteiger partial charge on any atom is -0.346 e. The number of nitrogens with one attached hydrogen (secondary N) is 2. The van der Waals surface area contributed by atoms with Crippen LogP contribution < -0.4 is 5.32 Å². The van der Waals surface area contributed by atoms with Crippen LogP contribution >= 0.6 is 0 Å². The van der Waals surface area contributed by atoms with Crippen LogP contribution in [0, 0.1) is 5.92 Å². The van der Waals surface area contributed by atoms with E-state index in [1.807, 2.05) is 37.3 Å². The SMILES string of the molecule is CC(NC(=O)C1CCC(=O)N(C)C1c1ccccc1)c1ncn[nH]1. The fourth-order valence-corrected chi connectivity index (χ4v) is 3.23. The summed E-state index contributed by atoms with van der Waals surface area (Å²) in [6.45, 7) is 1.85. The van der Waals surface area contributed by atoms with Crippen LogP contribution in [0.4, 0.5) is 0 Å². The maximum absolute atomic E-state index is 12.8. The summed E-state index contributed by atoms with van der Waals surface area (Å²) in [7, 11) is 1.76. The number of nitrogens with zero attached hydrogens (tertiary/aromatic N) is 3. The standard InChI is InChI=1S/C17H21N5O2/c1-11(16-18-10-19-21-16)20-17(24)13-8-9-14(23)22(2)15(13)12-6-4-3-5-7-12/h3-7,10-11,13,15H,8-9H2,1-2H3,(H,20,24)(H,18,19,21). The Labute approximate surface area is 140 Å². The number of amides is 2. The van der Waals surface area contributed by atoms with Gasteiger partial charge in [0, 0.05) is 13.5 Å². The molecule has 0 saturated carbocycles. The number of carbonyl (C=O) groups excluding carboxylic acids is 2. The normalized spacial score (nSPS) is 22.2. The van der Waals surface area contributed by atoms with Crippen molar-refractivity contribution in [2.75, 3.05) is 7.05 Å². The van der Waals surface area contributed by atoms with E-state index in [4.69, 9.17) is 0 Å². The fourth-order valence-electron chi connectivity index (χ4n) is 3.23. The summed E-state index contributed by atoms with van der Waals surface area (Å²) in [5.41, 5.74) is 0.973. The first-order valence-electron chi connectivity index (χ1n) is 8.04. The molecule has 1 aliphatic heterocycles. The zero-order valence-electron chi connectivity index (χ0n) is 13.8. The molecule has 0 spiro atoms. The highest BCUT2D eigenvalue weighted by Gasteiger charge is 2.39. The number of aromatic nitrogens is 3. The first kappa shape index (κ1) is 16.2. The van der Waals surface area contributed by atoms with Crippen molar-refractivity contribution in [3.8, 4) is 0 Å². The van der Waals surface area contributed by atoms with Gasteiger partial charge in [-0.3, -0.25) is 14.7 Å². The Morgan fingerprint density at radius 1 is 1.38 bits per heavy atom. The van der Waals surface area contributed by atoms with Gasteiger partial charge in [0.05, 0.1) is 18.0 Å². The zero-order valence-corrected chi connectivity index (χ0v) is 13.8. The molecular weight excluding hydrogens is 306 g/mol. The summed E-state index contributed by atoms with van der Waals surface area (Å²) in [5.74, 6) is 0.309. The largest absolute Gasteiger partial charge is 0.346 e. The summed E-state index contributed by atoms with van der Waals surface area (Å²) in [4.78, 5) is 30.7. The smallest absolute Gasteiger partial charge is 0.226 e. The number of aromatic amines is 1. The van der Waals surface area contributed by atoms with E-state index < -0.39 is 0 Å². The van der Waals surface area contributed by atoms with Crippen molar-refractivity contribution in [2.24, 2.45) is 5.92 Å². The quantitative estimate of drug-likeness (QED) is 0.892. The van der Waals surface area contributed by atoms with Gasteiger partial charge >= 0.3 is 0 Å². The minimum atomic E-state index is -0.291. The molecule has 1 aliphatic rings. The Balaban J connectivity index is 1.81. The lowest BCUT2D eigenvalue weighted by molar-refractivity contribution is -0.141. The summed E-state index contributed by atoms with van der Waals surface area (Å²) in [6, 6.07) is 9.17. The van der Waals surface area contributed by atoms with Crippen molar-refractivity contribution < 1.29 is 9.59 Å². The first-order valence-corrected chi connectivity index (χ1v) is 8.04. The monoisotopic (exact) mass is 327 g/mol. The third-order valence-corrected chi connectivity index (χ3v) is 4.54. The van der Waals surface area contributed by atoms with Crippen molar-refractivity contribution in [3.63, 3.8) is 0 Å². The van der Waals surface area contributed by atoms with Crippen LogP contribution in [-0.4, -0.2) is 38.9 Å². The van der Waals surface area contributed by atoms with Gasteiger partial charge in [0.2, 0.25) is 11.8 Å². The number of hydrogen-bond donors (Lipinski definition) is 2. The van der Waals surface area contributed by atoms with Gasteiger partial charge in [0.15, 0.2) is 0 Å². The molecule has 2 heterocycles. The lowest BCUT2D eigenvalue weighted by Gasteiger charge is -2.38. The van der Waals surface area contributed by atoms with Gasteiger partial charge in [-0.25, -0.2) is 4.98 Å². The molecule has 1 aromatic heterocycles. The molecule has 3 unspecified atom stereocenters. The molecule has 1 aromatic carbocycles. The van der Waals surface area contributed by atoms with Crippen LogP contribution in [0.1, 0.15) is 43.2 Å². The predicted molar refractivity (Wildman–Crippen MR) is 87.6 cm³/mol. The molecule has 7 heteroatoms. The molecule has 0 aliphatic carbocycles. The van der Waals surface area contributed by atoms with Crippen LogP contribution in [0.2, 0.25) is 0 Å². The molecule has 0 bridgehead atoms. The van der Waals surface area contributed by atoms with Crippen molar-refractivity contribution >= 4 is 11.8 Å². The molecular formula is C17H21N5O2. The van der Waals surface area contributed by atoms with Gasteiger partial charge in [-0.05, 0) is 18.9 Å². The predicted octanol–water partition coefficient (Wildman–Crippen LogP) is 1.59. The van der Waals surface area contributed by atoms with E-state index in [1.165, 1.54) is 6.33 Å². The minimum absolute atomic E-state index is 0.0659. The molecule has 2 amide bonds.